The summed E-state index contributed by atoms with van der Waals surface area (Å²) in [5, 5.41) is 13.4. The lowest BCUT2D eigenvalue weighted by molar-refractivity contribution is -0.137. The van der Waals surface area contributed by atoms with E-state index in [4.69, 9.17) is 9.57 Å². The van der Waals surface area contributed by atoms with Gasteiger partial charge in [0.2, 0.25) is 0 Å². The van der Waals surface area contributed by atoms with Crippen LogP contribution in [0.1, 0.15) is 30.0 Å². The summed E-state index contributed by atoms with van der Waals surface area (Å²) in [7, 11) is 0. The van der Waals surface area contributed by atoms with Gasteiger partial charge in [-0.3, -0.25) is 4.79 Å². The Hall–Kier alpha value is -3.85. The Kier molecular flexibility index (Phi) is 9.46. The van der Waals surface area contributed by atoms with Crippen molar-refractivity contribution < 1.29 is 32.6 Å². The van der Waals surface area contributed by atoms with E-state index in [9.17, 15) is 23.1 Å². The normalized spacial score (nSPS) is 11.8. The van der Waals surface area contributed by atoms with Crippen LogP contribution in [0, 0.1) is 0 Å². The van der Waals surface area contributed by atoms with Crippen molar-refractivity contribution >= 4 is 17.3 Å². The minimum absolute atomic E-state index is 0.0384. The summed E-state index contributed by atoms with van der Waals surface area (Å²) in [6.45, 7) is 1.74. The van der Waals surface area contributed by atoms with E-state index in [-0.39, 0.29) is 32.3 Å². The zero-order valence-corrected chi connectivity index (χ0v) is 19.7. The molecule has 1 amide bonds. The van der Waals surface area contributed by atoms with E-state index in [0.29, 0.717) is 29.1 Å². The molecule has 36 heavy (non-hydrogen) atoms. The van der Waals surface area contributed by atoms with Crippen LogP contribution in [0.5, 0.6) is 5.75 Å². The van der Waals surface area contributed by atoms with Gasteiger partial charge in [0.25, 0.3) is 5.91 Å². The number of hydrogen-bond donors (Lipinski definition) is 1. The molecule has 0 radical (unpaired) electrons. The third kappa shape index (κ3) is 7.58. The van der Waals surface area contributed by atoms with Crippen molar-refractivity contribution in [1.82, 2.24) is 0 Å². The molecule has 0 spiro atoms. The Bertz CT molecular complexity index is 1130. The van der Waals surface area contributed by atoms with Crippen LogP contribution < -0.4 is 9.64 Å². The zero-order chi connectivity index (χ0) is 26.0. The van der Waals surface area contributed by atoms with Crippen molar-refractivity contribution in [2.45, 2.75) is 26.1 Å². The summed E-state index contributed by atoms with van der Waals surface area (Å²) < 4.78 is 43.7. The summed E-state index contributed by atoms with van der Waals surface area (Å²) >= 11 is 0. The topological polar surface area (TPSA) is 71.4 Å². The summed E-state index contributed by atoms with van der Waals surface area (Å²) in [6, 6.07) is 20.8. The molecule has 3 rings (SSSR count). The van der Waals surface area contributed by atoms with Crippen molar-refractivity contribution in [3.8, 4) is 5.75 Å². The van der Waals surface area contributed by atoms with Gasteiger partial charge in [0.1, 0.15) is 12.4 Å². The molecule has 190 valence electrons. The maximum Gasteiger partial charge on any atom is 0.416 e. The standard InChI is InChI=1S/C27H27F3N2O4/c1-2-25(31-36-18-20-8-12-22(13-9-20)27(28,29)30)21-10-14-24(15-11-21)35-19-26(34)32(16-17-33)23-6-4-3-5-7-23/h3-15,33H,2,16-19H2,1H3/b31-25-. The summed E-state index contributed by atoms with van der Waals surface area (Å²) in [6.07, 6.45) is -3.81. The number of alkyl halides is 3. The number of rotatable bonds is 11. The molecular weight excluding hydrogens is 473 g/mol. The second kappa shape index (κ2) is 12.7. The molecule has 3 aromatic rings. The van der Waals surface area contributed by atoms with Gasteiger partial charge >= 0.3 is 6.18 Å². The molecule has 0 heterocycles. The number of para-hydroxylation sites is 1. The van der Waals surface area contributed by atoms with E-state index in [0.717, 1.165) is 17.7 Å². The number of amides is 1. The Balaban J connectivity index is 1.56. The molecule has 0 fully saturated rings. The molecule has 1 N–H and O–H groups in total. The third-order valence-electron chi connectivity index (χ3n) is 5.26. The number of carbonyl (C=O) groups excluding carboxylic acids is 1. The predicted molar refractivity (Wildman–Crippen MR) is 131 cm³/mol. The number of halogens is 3. The number of benzene rings is 3. The van der Waals surface area contributed by atoms with Crippen molar-refractivity contribution in [2.24, 2.45) is 5.16 Å². The monoisotopic (exact) mass is 500 g/mol. The van der Waals surface area contributed by atoms with Crippen LogP contribution in [-0.2, 0) is 22.4 Å². The molecule has 0 aliphatic heterocycles. The largest absolute Gasteiger partial charge is 0.484 e. The first kappa shape index (κ1) is 26.7. The third-order valence-corrected chi connectivity index (χ3v) is 5.26. The van der Waals surface area contributed by atoms with Gasteiger partial charge in [0.15, 0.2) is 6.61 Å². The lowest BCUT2D eigenvalue weighted by Crippen LogP contribution is -2.37. The minimum Gasteiger partial charge on any atom is -0.484 e. The molecule has 9 heteroatoms. The summed E-state index contributed by atoms with van der Waals surface area (Å²) in [5.74, 6) is 0.206. The second-order valence-electron chi connectivity index (χ2n) is 7.78. The van der Waals surface area contributed by atoms with Gasteiger partial charge in [0, 0.05) is 12.2 Å². The highest BCUT2D eigenvalue weighted by molar-refractivity contribution is 6.00. The fraction of sp³-hybridized carbons (Fsp3) is 0.259. The molecule has 3 aromatic carbocycles. The Labute approximate surface area is 207 Å². The first-order valence-electron chi connectivity index (χ1n) is 11.4. The van der Waals surface area contributed by atoms with Crippen LogP contribution in [0.3, 0.4) is 0 Å². The van der Waals surface area contributed by atoms with Crippen LogP contribution in [0.4, 0.5) is 18.9 Å². The minimum atomic E-state index is -4.38. The van der Waals surface area contributed by atoms with E-state index in [1.807, 2.05) is 25.1 Å². The van der Waals surface area contributed by atoms with Crippen LogP contribution in [0.25, 0.3) is 0 Å². The van der Waals surface area contributed by atoms with Crippen molar-refractivity contribution in [2.75, 3.05) is 24.7 Å². The zero-order valence-electron chi connectivity index (χ0n) is 19.7. The summed E-state index contributed by atoms with van der Waals surface area (Å²) in [4.78, 5) is 19.5. The second-order valence-corrected chi connectivity index (χ2v) is 7.78. The van der Waals surface area contributed by atoms with Crippen LogP contribution in [-0.4, -0.2) is 36.5 Å². The molecular formula is C27H27F3N2O4. The highest BCUT2D eigenvalue weighted by atomic mass is 19.4. The first-order chi connectivity index (χ1) is 17.3. The lowest BCUT2D eigenvalue weighted by atomic mass is 10.1. The van der Waals surface area contributed by atoms with E-state index in [1.165, 1.54) is 17.0 Å². The summed E-state index contributed by atoms with van der Waals surface area (Å²) in [5.41, 5.74) is 1.98. The highest BCUT2D eigenvalue weighted by Gasteiger charge is 2.29. The molecule has 0 saturated heterocycles. The molecule has 0 saturated carbocycles. The van der Waals surface area contributed by atoms with Gasteiger partial charge in [-0.05, 0) is 66.1 Å². The predicted octanol–water partition coefficient (Wildman–Crippen LogP) is 5.44. The maximum absolute atomic E-state index is 12.7. The number of aliphatic hydroxyl groups is 1. The molecule has 0 aliphatic rings. The number of oxime groups is 1. The number of hydrogen-bond acceptors (Lipinski definition) is 5. The molecule has 0 aromatic heterocycles. The van der Waals surface area contributed by atoms with Crippen molar-refractivity contribution in [3.63, 3.8) is 0 Å². The highest BCUT2D eigenvalue weighted by Crippen LogP contribution is 2.29. The first-order valence-corrected chi connectivity index (χ1v) is 11.4. The average Bonchev–Trinajstić information content (AvgIpc) is 2.89. The van der Waals surface area contributed by atoms with Gasteiger partial charge < -0.3 is 19.6 Å². The number of anilines is 1. The van der Waals surface area contributed by atoms with Gasteiger partial charge in [-0.15, -0.1) is 0 Å². The van der Waals surface area contributed by atoms with E-state index in [2.05, 4.69) is 5.16 Å². The fourth-order valence-electron chi connectivity index (χ4n) is 3.37. The maximum atomic E-state index is 12.7. The molecule has 0 atom stereocenters. The molecule has 0 unspecified atom stereocenters. The number of carbonyl (C=O) groups is 1. The quantitative estimate of drug-likeness (QED) is 0.281. The van der Waals surface area contributed by atoms with Crippen LogP contribution in [0.15, 0.2) is 84.0 Å². The Morgan fingerprint density at radius 1 is 0.972 bits per heavy atom. The van der Waals surface area contributed by atoms with Gasteiger partial charge in [-0.25, -0.2) is 0 Å². The van der Waals surface area contributed by atoms with E-state index < -0.39 is 11.7 Å². The molecule has 0 aliphatic carbocycles. The van der Waals surface area contributed by atoms with E-state index >= 15 is 0 Å². The molecule has 6 nitrogen and oxygen atoms in total. The lowest BCUT2D eigenvalue weighted by Gasteiger charge is -2.22. The Morgan fingerprint density at radius 2 is 1.64 bits per heavy atom. The fourth-order valence-corrected chi connectivity index (χ4v) is 3.37. The number of nitrogens with zero attached hydrogens (tertiary/aromatic N) is 2. The van der Waals surface area contributed by atoms with Gasteiger partial charge in [-0.2, -0.15) is 13.2 Å². The van der Waals surface area contributed by atoms with Crippen LogP contribution >= 0.6 is 0 Å². The van der Waals surface area contributed by atoms with E-state index in [1.54, 1.807) is 36.4 Å². The number of ether oxygens (including phenoxy) is 1. The van der Waals surface area contributed by atoms with Gasteiger partial charge in [0.05, 0.1) is 17.9 Å². The van der Waals surface area contributed by atoms with Gasteiger partial charge in [-0.1, -0.05) is 42.4 Å². The number of aliphatic hydroxyl groups excluding tert-OH is 1. The van der Waals surface area contributed by atoms with Crippen molar-refractivity contribution in [1.29, 1.82) is 0 Å². The average molecular weight is 501 g/mol. The smallest absolute Gasteiger partial charge is 0.416 e. The molecule has 0 bridgehead atoms. The Morgan fingerprint density at radius 3 is 2.22 bits per heavy atom. The van der Waals surface area contributed by atoms with Crippen LogP contribution in [0.2, 0.25) is 0 Å². The van der Waals surface area contributed by atoms with Crippen molar-refractivity contribution in [3.05, 3.63) is 95.6 Å². The SMILES string of the molecule is CC/C(=N/OCc1ccc(C(F)(F)F)cc1)c1ccc(OCC(=O)N(CCO)c2ccccc2)cc1.